The molecule has 0 aromatic heterocycles. The Kier molecular flexibility index (Phi) is 5.78. The van der Waals surface area contributed by atoms with E-state index < -0.39 is 11.8 Å². The first-order chi connectivity index (χ1) is 13.3. The zero-order valence-electron chi connectivity index (χ0n) is 16.5. The number of hydrogen-bond acceptors (Lipinski definition) is 3. The van der Waals surface area contributed by atoms with Gasteiger partial charge in [0.15, 0.2) is 0 Å². The molecule has 6 nitrogen and oxygen atoms in total. The molecule has 0 atom stereocenters. The minimum atomic E-state index is -0.631. The summed E-state index contributed by atoms with van der Waals surface area (Å²) < 4.78 is 0. The van der Waals surface area contributed by atoms with Crippen molar-refractivity contribution in [3.05, 3.63) is 64.7 Å². The number of nitrogens with zero attached hydrogens (tertiary/aromatic N) is 2. The summed E-state index contributed by atoms with van der Waals surface area (Å²) >= 11 is 0. The molecule has 1 aliphatic rings. The Morgan fingerprint density at radius 3 is 2.07 bits per heavy atom. The van der Waals surface area contributed by atoms with Crippen LogP contribution in [-0.4, -0.2) is 47.2 Å². The SMILES string of the molecule is Cc1ccc(CN2CCN(CC(=O)Nc3cc(C)cc(C)c3)C(=O)C2=O)cc1. The van der Waals surface area contributed by atoms with Gasteiger partial charge in [0.25, 0.3) is 0 Å². The summed E-state index contributed by atoms with van der Waals surface area (Å²) in [6, 6.07) is 13.6. The van der Waals surface area contributed by atoms with Crippen LogP contribution >= 0.6 is 0 Å². The van der Waals surface area contributed by atoms with E-state index >= 15 is 0 Å². The van der Waals surface area contributed by atoms with Crippen molar-refractivity contribution < 1.29 is 14.4 Å². The predicted molar refractivity (Wildman–Crippen MR) is 108 cm³/mol. The van der Waals surface area contributed by atoms with Crippen molar-refractivity contribution in [1.82, 2.24) is 9.80 Å². The molecule has 6 heteroatoms. The van der Waals surface area contributed by atoms with Gasteiger partial charge in [0.05, 0.1) is 0 Å². The maximum atomic E-state index is 12.4. The molecule has 2 aromatic rings. The quantitative estimate of drug-likeness (QED) is 0.811. The highest BCUT2D eigenvalue weighted by atomic mass is 16.2. The molecule has 0 unspecified atom stereocenters. The van der Waals surface area contributed by atoms with Gasteiger partial charge in [0.2, 0.25) is 5.91 Å². The minimum Gasteiger partial charge on any atom is -0.328 e. The Labute approximate surface area is 165 Å². The minimum absolute atomic E-state index is 0.129. The fourth-order valence-electron chi connectivity index (χ4n) is 3.35. The fraction of sp³-hybridized carbons (Fsp3) is 0.318. The van der Waals surface area contributed by atoms with E-state index in [0.717, 1.165) is 22.3 Å². The lowest BCUT2D eigenvalue weighted by Crippen LogP contribution is -2.55. The van der Waals surface area contributed by atoms with Crippen molar-refractivity contribution in [2.75, 3.05) is 25.0 Å². The molecule has 2 aromatic carbocycles. The molecule has 3 amide bonds. The molecule has 1 fully saturated rings. The smallest absolute Gasteiger partial charge is 0.312 e. The summed E-state index contributed by atoms with van der Waals surface area (Å²) in [5.74, 6) is -1.50. The molecular formula is C22H25N3O3. The summed E-state index contributed by atoms with van der Waals surface area (Å²) in [4.78, 5) is 40.0. The third-order valence-electron chi connectivity index (χ3n) is 4.73. The Balaban J connectivity index is 1.58. The van der Waals surface area contributed by atoms with Crippen molar-refractivity contribution >= 4 is 23.4 Å². The summed E-state index contributed by atoms with van der Waals surface area (Å²) in [6.45, 7) is 6.94. The van der Waals surface area contributed by atoms with Crippen LogP contribution in [0.2, 0.25) is 0 Å². The zero-order valence-corrected chi connectivity index (χ0v) is 16.5. The van der Waals surface area contributed by atoms with E-state index in [-0.39, 0.29) is 12.5 Å². The van der Waals surface area contributed by atoms with Crippen molar-refractivity contribution in [2.24, 2.45) is 0 Å². The number of amides is 3. The average Bonchev–Trinajstić information content (AvgIpc) is 2.62. The van der Waals surface area contributed by atoms with Gasteiger partial charge in [-0.25, -0.2) is 0 Å². The summed E-state index contributed by atoms with van der Waals surface area (Å²) in [7, 11) is 0. The normalized spacial score (nSPS) is 14.4. The molecular weight excluding hydrogens is 354 g/mol. The Morgan fingerprint density at radius 2 is 1.43 bits per heavy atom. The number of piperazine rings is 1. The van der Waals surface area contributed by atoms with Crippen LogP contribution in [0.4, 0.5) is 5.69 Å². The van der Waals surface area contributed by atoms with E-state index in [1.807, 2.05) is 63.2 Å². The predicted octanol–water partition coefficient (Wildman–Crippen LogP) is 2.42. The lowest BCUT2D eigenvalue weighted by molar-refractivity contribution is -0.157. The van der Waals surface area contributed by atoms with Gasteiger partial charge in [-0.3, -0.25) is 14.4 Å². The second-order valence-electron chi connectivity index (χ2n) is 7.36. The molecule has 146 valence electrons. The third kappa shape index (κ3) is 4.76. The van der Waals surface area contributed by atoms with Crippen molar-refractivity contribution in [3.63, 3.8) is 0 Å². The first-order valence-corrected chi connectivity index (χ1v) is 9.34. The van der Waals surface area contributed by atoms with E-state index in [2.05, 4.69) is 5.32 Å². The van der Waals surface area contributed by atoms with Crippen LogP contribution in [-0.2, 0) is 20.9 Å². The van der Waals surface area contributed by atoms with E-state index in [4.69, 9.17) is 0 Å². The second-order valence-corrected chi connectivity index (χ2v) is 7.36. The number of nitrogens with one attached hydrogen (secondary N) is 1. The standard InChI is InChI=1S/C22H25N3O3/c1-15-4-6-18(7-5-15)13-24-8-9-25(22(28)21(24)27)14-20(26)23-19-11-16(2)10-17(3)12-19/h4-7,10-12H,8-9,13-14H2,1-3H3,(H,23,26). The number of carbonyl (C=O) groups excluding carboxylic acids is 3. The van der Waals surface area contributed by atoms with Crippen LogP contribution < -0.4 is 5.32 Å². The van der Waals surface area contributed by atoms with Crippen LogP contribution in [0.25, 0.3) is 0 Å². The van der Waals surface area contributed by atoms with Crippen molar-refractivity contribution in [2.45, 2.75) is 27.3 Å². The van der Waals surface area contributed by atoms with Gasteiger partial charge in [-0.2, -0.15) is 0 Å². The van der Waals surface area contributed by atoms with Gasteiger partial charge in [-0.15, -0.1) is 0 Å². The van der Waals surface area contributed by atoms with Crippen LogP contribution in [0.15, 0.2) is 42.5 Å². The molecule has 28 heavy (non-hydrogen) atoms. The molecule has 0 radical (unpaired) electrons. The summed E-state index contributed by atoms with van der Waals surface area (Å²) in [5, 5.41) is 2.80. The molecule has 0 aliphatic carbocycles. The highest BCUT2D eigenvalue weighted by molar-refractivity contribution is 6.35. The van der Waals surface area contributed by atoms with Gasteiger partial charge in [0.1, 0.15) is 6.54 Å². The van der Waals surface area contributed by atoms with Gasteiger partial charge in [-0.1, -0.05) is 35.9 Å². The van der Waals surface area contributed by atoms with Crippen LogP contribution in [0.1, 0.15) is 22.3 Å². The third-order valence-corrected chi connectivity index (χ3v) is 4.73. The lowest BCUT2D eigenvalue weighted by Gasteiger charge is -2.33. The van der Waals surface area contributed by atoms with E-state index in [9.17, 15) is 14.4 Å². The van der Waals surface area contributed by atoms with E-state index in [0.29, 0.717) is 25.3 Å². The first-order valence-electron chi connectivity index (χ1n) is 9.34. The molecule has 1 saturated heterocycles. The highest BCUT2D eigenvalue weighted by Gasteiger charge is 2.33. The zero-order chi connectivity index (χ0) is 20.3. The monoisotopic (exact) mass is 379 g/mol. The van der Waals surface area contributed by atoms with E-state index in [1.165, 1.54) is 9.80 Å². The maximum absolute atomic E-state index is 12.4. The first kappa shape index (κ1) is 19.6. The van der Waals surface area contributed by atoms with Gasteiger partial charge in [0, 0.05) is 25.3 Å². The number of aryl methyl sites for hydroxylation is 3. The Bertz CT molecular complexity index is 885. The number of benzene rings is 2. The van der Waals surface area contributed by atoms with Crippen LogP contribution in [0.3, 0.4) is 0 Å². The Morgan fingerprint density at radius 1 is 0.857 bits per heavy atom. The maximum Gasteiger partial charge on any atom is 0.312 e. The molecule has 0 bridgehead atoms. The second kappa shape index (κ2) is 8.25. The van der Waals surface area contributed by atoms with Gasteiger partial charge < -0.3 is 15.1 Å². The molecule has 1 N–H and O–H groups in total. The lowest BCUT2D eigenvalue weighted by atomic mass is 10.1. The molecule has 0 saturated carbocycles. The number of anilines is 1. The summed E-state index contributed by atoms with van der Waals surface area (Å²) in [5.41, 5.74) is 4.91. The fourth-order valence-corrected chi connectivity index (χ4v) is 3.35. The average molecular weight is 379 g/mol. The molecule has 1 heterocycles. The Hall–Kier alpha value is -3.15. The molecule has 3 rings (SSSR count). The van der Waals surface area contributed by atoms with E-state index in [1.54, 1.807) is 0 Å². The van der Waals surface area contributed by atoms with Gasteiger partial charge in [-0.05, 0) is 49.6 Å². The number of rotatable bonds is 5. The van der Waals surface area contributed by atoms with Gasteiger partial charge >= 0.3 is 11.8 Å². The number of hydrogen-bond donors (Lipinski definition) is 1. The van der Waals surface area contributed by atoms with Crippen molar-refractivity contribution in [3.8, 4) is 0 Å². The topological polar surface area (TPSA) is 69.7 Å². The summed E-state index contributed by atoms with van der Waals surface area (Å²) in [6.07, 6.45) is 0. The largest absolute Gasteiger partial charge is 0.328 e. The van der Waals surface area contributed by atoms with Crippen molar-refractivity contribution in [1.29, 1.82) is 0 Å². The molecule has 1 aliphatic heterocycles. The van der Waals surface area contributed by atoms with Crippen LogP contribution in [0.5, 0.6) is 0 Å². The van der Waals surface area contributed by atoms with Crippen LogP contribution in [0, 0.1) is 20.8 Å². The highest BCUT2D eigenvalue weighted by Crippen LogP contribution is 2.15. The molecule has 0 spiro atoms. The number of carbonyl (C=O) groups is 3.